The molecule has 1 unspecified atom stereocenters. The second-order valence-electron chi connectivity index (χ2n) is 6.24. The molecule has 0 aliphatic carbocycles. The SMILES string of the molecule is CCC(C)C[C@@H](C)[C@@H](N[S@](=O)C(C)(C)C)C(F)(F)F. The Labute approximate surface area is 117 Å². The minimum atomic E-state index is -4.38. The topological polar surface area (TPSA) is 29.1 Å². The molecule has 0 radical (unpaired) electrons. The molecule has 0 fully saturated rings. The van der Waals surface area contributed by atoms with Crippen LogP contribution < -0.4 is 4.72 Å². The van der Waals surface area contributed by atoms with E-state index < -0.39 is 33.9 Å². The minimum Gasteiger partial charge on any atom is -0.242 e. The van der Waals surface area contributed by atoms with E-state index in [2.05, 4.69) is 4.72 Å². The highest BCUT2D eigenvalue weighted by Crippen LogP contribution is 2.30. The molecule has 0 aromatic rings. The summed E-state index contributed by atoms with van der Waals surface area (Å²) in [5.74, 6) is -0.369. The molecule has 0 saturated carbocycles. The van der Waals surface area contributed by atoms with E-state index in [9.17, 15) is 17.4 Å². The summed E-state index contributed by atoms with van der Waals surface area (Å²) < 4.78 is 52.7. The van der Waals surface area contributed by atoms with Crippen LogP contribution in [-0.4, -0.2) is 21.2 Å². The van der Waals surface area contributed by atoms with Crippen molar-refractivity contribution in [2.45, 2.75) is 71.3 Å². The molecule has 0 rings (SSSR count). The van der Waals surface area contributed by atoms with Crippen LogP contribution in [0.5, 0.6) is 0 Å². The maximum Gasteiger partial charge on any atom is 0.405 e. The minimum absolute atomic E-state index is 0.227. The van der Waals surface area contributed by atoms with Crippen molar-refractivity contribution < 1.29 is 17.4 Å². The summed E-state index contributed by atoms with van der Waals surface area (Å²) in [6, 6.07) is -1.72. The van der Waals surface area contributed by atoms with Gasteiger partial charge < -0.3 is 0 Å². The first-order valence-corrected chi connectivity index (χ1v) is 7.79. The standard InChI is InChI=1S/C13H26F3NOS/c1-7-9(2)8-10(3)11(13(14,15)16)17-19(18)12(4,5)6/h9-11,17H,7-8H2,1-6H3/t9?,10-,11-,19-/m1/s1. The lowest BCUT2D eigenvalue weighted by molar-refractivity contribution is -0.162. The van der Waals surface area contributed by atoms with E-state index in [1.165, 1.54) is 0 Å². The van der Waals surface area contributed by atoms with E-state index in [0.29, 0.717) is 6.42 Å². The van der Waals surface area contributed by atoms with Gasteiger partial charge in [0.1, 0.15) is 6.04 Å². The third-order valence-corrected chi connectivity index (χ3v) is 4.76. The quantitative estimate of drug-likeness (QED) is 0.788. The number of alkyl halides is 3. The van der Waals surface area contributed by atoms with Crippen LogP contribution in [0.15, 0.2) is 0 Å². The van der Waals surface area contributed by atoms with Crippen molar-refractivity contribution in [1.29, 1.82) is 0 Å². The number of halogens is 3. The molecule has 0 aromatic heterocycles. The zero-order valence-electron chi connectivity index (χ0n) is 12.6. The molecule has 0 bridgehead atoms. The van der Waals surface area contributed by atoms with Crippen LogP contribution in [0, 0.1) is 11.8 Å². The lowest BCUT2D eigenvalue weighted by Gasteiger charge is -2.31. The van der Waals surface area contributed by atoms with Gasteiger partial charge in [-0.3, -0.25) is 0 Å². The molecule has 0 saturated heterocycles. The fraction of sp³-hybridized carbons (Fsp3) is 1.00. The van der Waals surface area contributed by atoms with Gasteiger partial charge in [0.15, 0.2) is 0 Å². The average Bonchev–Trinajstić information content (AvgIpc) is 2.21. The van der Waals surface area contributed by atoms with E-state index >= 15 is 0 Å². The van der Waals surface area contributed by atoms with Crippen LogP contribution in [0.3, 0.4) is 0 Å². The first kappa shape index (κ1) is 18.9. The van der Waals surface area contributed by atoms with Gasteiger partial charge in [0.2, 0.25) is 0 Å². The molecule has 0 aromatic carbocycles. The third kappa shape index (κ3) is 6.75. The summed E-state index contributed by atoms with van der Waals surface area (Å²) in [7, 11) is -1.72. The van der Waals surface area contributed by atoms with Gasteiger partial charge >= 0.3 is 6.18 Å². The molecular weight excluding hydrogens is 275 g/mol. The Morgan fingerprint density at radius 2 is 1.63 bits per heavy atom. The van der Waals surface area contributed by atoms with Gasteiger partial charge in [-0.05, 0) is 39.0 Å². The predicted octanol–water partition coefficient (Wildman–Crippen LogP) is 4.04. The Balaban J connectivity index is 4.89. The van der Waals surface area contributed by atoms with Crippen molar-refractivity contribution in [2.24, 2.45) is 11.8 Å². The molecule has 116 valence electrons. The summed E-state index contributed by atoms with van der Waals surface area (Å²) in [6.45, 7) is 10.4. The molecule has 0 heterocycles. The molecular formula is C13H26F3NOS. The molecule has 2 nitrogen and oxygen atoms in total. The monoisotopic (exact) mass is 301 g/mol. The number of nitrogens with one attached hydrogen (secondary N) is 1. The highest BCUT2D eigenvalue weighted by atomic mass is 32.2. The van der Waals surface area contributed by atoms with Crippen LogP contribution in [0.25, 0.3) is 0 Å². The Morgan fingerprint density at radius 3 is 1.95 bits per heavy atom. The maximum atomic E-state index is 13.1. The van der Waals surface area contributed by atoms with Crippen molar-refractivity contribution in [3.8, 4) is 0 Å². The van der Waals surface area contributed by atoms with Crippen LogP contribution in [0.4, 0.5) is 13.2 Å². The van der Waals surface area contributed by atoms with E-state index in [0.717, 1.165) is 6.42 Å². The molecule has 0 aliphatic rings. The van der Waals surface area contributed by atoms with Gasteiger partial charge in [-0.25, -0.2) is 8.93 Å². The Bertz CT molecular complexity index is 299. The second-order valence-corrected chi connectivity index (χ2v) is 8.24. The van der Waals surface area contributed by atoms with Crippen LogP contribution in [0.1, 0.15) is 54.4 Å². The van der Waals surface area contributed by atoms with Gasteiger partial charge in [0.05, 0.1) is 15.7 Å². The summed E-state index contributed by atoms with van der Waals surface area (Å²) >= 11 is 0. The molecule has 0 amide bonds. The van der Waals surface area contributed by atoms with Crippen molar-refractivity contribution in [3.05, 3.63) is 0 Å². The summed E-state index contributed by atoms with van der Waals surface area (Å²) in [5.41, 5.74) is 0. The smallest absolute Gasteiger partial charge is 0.242 e. The van der Waals surface area contributed by atoms with Gasteiger partial charge in [-0.15, -0.1) is 0 Å². The largest absolute Gasteiger partial charge is 0.405 e. The number of rotatable bonds is 6. The highest BCUT2D eigenvalue weighted by molar-refractivity contribution is 7.84. The zero-order chi connectivity index (χ0) is 15.4. The molecule has 0 spiro atoms. The maximum absolute atomic E-state index is 13.1. The average molecular weight is 301 g/mol. The lowest BCUT2D eigenvalue weighted by atomic mass is 9.90. The Kier molecular flexibility index (Phi) is 7.03. The molecule has 6 heteroatoms. The first-order valence-electron chi connectivity index (χ1n) is 6.64. The normalized spacial score (nSPS) is 19.8. The fourth-order valence-corrected chi connectivity index (χ4v) is 2.69. The lowest BCUT2D eigenvalue weighted by Crippen LogP contribution is -2.51. The van der Waals surface area contributed by atoms with E-state index in [1.807, 2.05) is 13.8 Å². The molecule has 0 aliphatic heterocycles. The summed E-state index contributed by atoms with van der Waals surface area (Å²) in [4.78, 5) is 0. The summed E-state index contributed by atoms with van der Waals surface area (Å²) in [5, 5.41) is 0. The third-order valence-electron chi connectivity index (χ3n) is 3.18. The molecule has 19 heavy (non-hydrogen) atoms. The molecule has 4 atom stereocenters. The second kappa shape index (κ2) is 7.07. The van der Waals surface area contributed by atoms with Gasteiger partial charge in [0, 0.05) is 0 Å². The van der Waals surface area contributed by atoms with Crippen LogP contribution in [0.2, 0.25) is 0 Å². The number of hydrogen-bond donors (Lipinski definition) is 1. The fourth-order valence-electron chi connectivity index (χ4n) is 1.74. The highest BCUT2D eigenvalue weighted by Gasteiger charge is 2.45. The predicted molar refractivity (Wildman–Crippen MR) is 74.1 cm³/mol. The molecule has 1 N–H and O–H groups in total. The van der Waals surface area contributed by atoms with E-state index in [-0.39, 0.29) is 5.92 Å². The Morgan fingerprint density at radius 1 is 1.16 bits per heavy atom. The number of hydrogen-bond acceptors (Lipinski definition) is 1. The van der Waals surface area contributed by atoms with Crippen molar-refractivity contribution in [3.63, 3.8) is 0 Å². The van der Waals surface area contributed by atoms with Gasteiger partial charge in [-0.1, -0.05) is 27.2 Å². The van der Waals surface area contributed by atoms with Crippen LogP contribution in [-0.2, 0) is 11.0 Å². The Hall–Kier alpha value is -0.100. The van der Waals surface area contributed by atoms with E-state index in [4.69, 9.17) is 0 Å². The van der Waals surface area contributed by atoms with Gasteiger partial charge in [-0.2, -0.15) is 13.2 Å². The van der Waals surface area contributed by atoms with Crippen molar-refractivity contribution >= 4 is 11.0 Å². The van der Waals surface area contributed by atoms with Gasteiger partial charge in [0.25, 0.3) is 0 Å². The van der Waals surface area contributed by atoms with E-state index in [1.54, 1.807) is 27.7 Å². The zero-order valence-corrected chi connectivity index (χ0v) is 13.4. The van der Waals surface area contributed by atoms with Crippen molar-refractivity contribution in [2.75, 3.05) is 0 Å². The summed E-state index contributed by atoms with van der Waals surface area (Å²) in [6.07, 6.45) is -3.07. The first-order chi connectivity index (χ1) is 8.39. The van der Waals surface area contributed by atoms with Crippen LogP contribution >= 0.6 is 0 Å². The van der Waals surface area contributed by atoms with Crippen molar-refractivity contribution in [1.82, 2.24) is 4.72 Å².